The van der Waals surface area contributed by atoms with Gasteiger partial charge in [0.2, 0.25) is 0 Å². The van der Waals surface area contributed by atoms with Crippen LogP contribution in [-0.4, -0.2) is 20.5 Å². The fraction of sp³-hybridized carbons (Fsp3) is 0.571. The molecular weight excluding hydrogens is 226 g/mol. The van der Waals surface area contributed by atoms with Crippen molar-refractivity contribution in [2.75, 3.05) is 0 Å². The molecule has 0 fully saturated rings. The van der Waals surface area contributed by atoms with Gasteiger partial charge < -0.3 is 5.11 Å². The van der Waals surface area contributed by atoms with Crippen molar-refractivity contribution in [1.82, 2.24) is 15.4 Å². The largest absolute Gasteiger partial charge is 0.505 e. The van der Waals surface area contributed by atoms with E-state index in [0.29, 0.717) is 5.52 Å². The average molecular weight is 247 g/mol. The number of rotatable bonds is 7. The molecular formula is C14H21N3O. The summed E-state index contributed by atoms with van der Waals surface area (Å²) < 4.78 is 0. The molecule has 0 aliphatic heterocycles. The molecule has 4 heteroatoms. The zero-order valence-corrected chi connectivity index (χ0v) is 10.9. The van der Waals surface area contributed by atoms with E-state index in [1.54, 1.807) is 0 Å². The monoisotopic (exact) mass is 247 g/mol. The number of benzene rings is 1. The number of aryl methyl sites for hydroxylation is 1. The molecule has 0 saturated heterocycles. The zero-order chi connectivity index (χ0) is 12.8. The predicted octanol–water partition coefficient (Wildman–Crippen LogP) is 3.57. The van der Waals surface area contributed by atoms with E-state index in [9.17, 15) is 5.11 Å². The van der Waals surface area contributed by atoms with Crippen LogP contribution in [0.1, 0.15) is 51.0 Å². The van der Waals surface area contributed by atoms with Crippen LogP contribution in [0.25, 0.3) is 11.0 Å². The third-order valence-electron chi connectivity index (χ3n) is 3.35. The molecule has 0 spiro atoms. The van der Waals surface area contributed by atoms with Gasteiger partial charge in [0.05, 0.1) is 5.52 Å². The van der Waals surface area contributed by atoms with Crippen LogP contribution in [0, 0.1) is 0 Å². The Kier molecular flexibility index (Phi) is 4.56. The van der Waals surface area contributed by atoms with E-state index in [2.05, 4.69) is 22.3 Å². The molecule has 0 bridgehead atoms. The van der Waals surface area contributed by atoms with Gasteiger partial charge in [0.1, 0.15) is 5.75 Å². The van der Waals surface area contributed by atoms with Crippen molar-refractivity contribution in [2.45, 2.75) is 51.9 Å². The number of hydrogen-bond acceptors (Lipinski definition) is 3. The Balaban J connectivity index is 1.86. The second-order valence-electron chi connectivity index (χ2n) is 4.80. The number of nitrogens with one attached hydrogen (secondary N) is 1. The van der Waals surface area contributed by atoms with Crippen molar-refractivity contribution in [3.05, 3.63) is 17.7 Å². The van der Waals surface area contributed by atoms with Crippen LogP contribution in [0.4, 0.5) is 0 Å². The molecule has 0 atom stereocenters. The second-order valence-corrected chi connectivity index (χ2v) is 4.80. The van der Waals surface area contributed by atoms with Gasteiger partial charge in [0.15, 0.2) is 5.52 Å². The van der Waals surface area contributed by atoms with Gasteiger partial charge in [-0.15, -0.1) is 5.10 Å². The number of fused-ring (bicyclic) bond motifs is 1. The smallest absolute Gasteiger partial charge is 0.154 e. The number of phenolic OH excluding ortho intramolecular Hbond substituents is 1. The van der Waals surface area contributed by atoms with Gasteiger partial charge in [0, 0.05) is 0 Å². The van der Waals surface area contributed by atoms with Crippen molar-refractivity contribution < 1.29 is 5.11 Å². The van der Waals surface area contributed by atoms with Crippen molar-refractivity contribution in [2.24, 2.45) is 0 Å². The highest BCUT2D eigenvalue weighted by Crippen LogP contribution is 2.26. The lowest BCUT2D eigenvalue weighted by molar-refractivity contribution is 0.471. The molecule has 0 saturated carbocycles. The van der Waals surface area contributed by atoms with Crippen molar-refractivity contribution in [1.29, 1.82) is 0 Å². The lowest BCUT2D eigenvalue weighted by atomic mass is 10.0. The lowest BCUT2D eigenvalue weighted by Gasteiger charge is -2.04. The average Bonchev–Trinajstić information content (AvgIpc) is 2.85. The van der Waals surface area contributed by atoms with E-state index in [4.69, 9.17) is 0 Å². The van der Waals surface area contributed by atoms with Gasteiger partial charge >= 0.3 is 0 Å². The zero-order valence-electron chi connectivity index (χ0n) is 10.9. The molecule has 0 amide bonds. The SMILES string of the molecule is CCCCCCCCc1ccc2[nH]nnc2c1O. The van der Waals surface area contributed by atoms with Crippen LogP contribution in [0.2, 0.25) is 0 Å². The summed E-state index contributed by atoms with van der Waals surface area (Å²) in [5.41, 5.74) is 2.35. The van der Waals surface area contributed by atoms with Gasteiger partial charge in [0.25, 0.3) is 0 Å². The first-order valence-electron chi connectivity index (χ1n) is 6.84. The van der Waals surface area contributed by atoms with E-state index < -0.39 is 0 Å². The summed E-state index contributed by atoms with van der Waals surface area (Å²) in [6.07, 6.45) is 8.50. The first-order valence-corrected chi connectivity index (χ1v) is 6.84. The van der Waals surface area contributed by atoms with Gasteiger partial charge in [-0.3, -0.25) is 5.10 Å². The van der Waals surface area contributed by atoms with Crippen molar-refractivity contribution in [3.8, 4) is 5.75 Å². The summed E-state index contributed by atoms with van der Waals surface area (Å²) in [6.45, 7) is 2.23. The molecule has 18 heavy (non-hydrogen) atoms. The van der Waals surface area contributed by atoms with Crippen LogP contribution in [-0.2, 0) is 6.42 Å². The highest BCUT2D eigenvalue weighted by atomic mass is 16.3. The number of unbranched alkanes of at least 4 members (excludes halogenated alkanes) is 5. The molecule has 4 nitrogen and oxygen atoms in total. The van der Waals surface area contributed by atoms with Gasteiger partial charge in [-0.25, -0.2) is 0 Å². The summed E-state index contributed by atoms with van der Waals surface area (Å²) in [5.74, 6) is 0.287. The fourth-order valence-corrected chi connectivity index (χ4v) is 2.24. The molecule has 2 N–H and O–H groups in total. The number of hydrogen-bond donors (Lipinski definition) is 2. The number of nitrogens with zero attached hydrogens (tertiary/aromatic N) is 2. The minimum atomic E-state index is 0.287. The first kappa shape index (κ1) is 12.9. The minimum absolute atomic E-state index is 0.287. The van der Waals surface area contributed by atoms with Crippen molar-refractivity contribution in [3.63, 3.8) is 0 Å². The van der Waals surface area contributed by atoms with E-state index in [0.717, 1.165) is 23.9 Å². The summed E-state index contributed by atoms with van der Waals surface area (Å²) in [7, 11) is 0. The molecule has 2 aromatic rings. The first-order chi connectivity index (χ1) is 8.83. The Labute approximate surface area is 107 Å². The third kappa shape index (κ3) is 3.00. The number of aromatic hydroxyl groups is 1. The van der Waals surface area contributed by atoms with Crippen LogP contribution in [0.15, 0.2) is 12.1 Å². The van der Waals surface area contributed by atoms with E-state index in [1.807, 2.05) is 12.1 Å². The molecule has 0 unspecified atom stereocenters. The third-order valence-corrected chi connectivity index (χ3v) is 3.35. The maximum atomic E-state index is 10.1. The Morgan fingerprint density at radius 2 is 1.89 bits per heavy atom. The lowest BCUT2D eigenvalue weighted by Crippen LogP contribution is -1.88. The minimum Gasteiger partial charge on any atom is -0.505 e. The maximum absolute atomic E-state index is 10.1. The van der Waals surface area contributed by atoms with Crippen LogP contribution in [0.3, 0.4) is 0 Å². The van der Waals surface area contributed by atoms with Gasteiger partial charge in [-0.1, -0.05) is 50.3 Å². The van der Waals surface area contributed by atoms with Gasteiger partial charge in [-0.05, 0) is 24.5 Å². The highest BCUT2D eigenvalue weighted by molar-refractivity contribution is 5.81. The predicted molar refractivity (Wildman–Crippen MR) is 72.6 cm³/mol. The standard InChI is InChI=1S/C14H21N3O/c1-2-3-4-5-6-7-8-11-9-10-12-13(14(11)18)16-17-15-12/h9-10,18H,2-8H2,1H3,(H,15,16,17). The number of aromatic amines is 1. The molecule has 0 aliphatic rings. The Morgan fingerprint density at radius 1 is 1.11 bits per heavy atom. The Bertz CT molecular complexity index is 493. The molecule has 2 rings (SSSR count). The summed E-state index contributed by atoms with van der Waals surface area (Å²) in [5, 5.41) is 20.4. The van der Waals surface area contributed by atoms with E-state index >= 15 is 0 Å². The molecule has 1 aromatic heterocycles. The summed E-state index contributed by atoms with van der Waals surface area (Å²) >= 11 is 0. The Hall–Kier alpha value is -1.58. The van der Waals surface area contributed by atoms with Crippen LogP contribution < -0.4 is 0 Å². The molecule has 1 heterocycles. The number of aromatic nitrogens is 3. The fourth-order valence-electron chi connectivity index (χ4n) is 2.24. The Morgan fingerprint density at radius 3 is 2.72 bits per heavy atom. The van der Waals surface area contributed by atoms with Crippen molar-refractivity contribution >= 4 is 11.0 Å². The van der Waals surface area contributed by atoms with Crippen LogP contribution >= 0.6 is 0 Å². The van der Waals surface area contributed by atoms with E-state index in [1.165, 1.54) is 32.1 Å². The summed E-state index contributed by atoms with van der Waals surface area (Å²) in [6, 6.07) is 3.89. The number of H-pyrrole nitrogens is 1. The number of phenols is 1. The molecule has 0 aliphatic carbocycles. The topological polar surface area (TPSA) is 61.8 Å². The quantitative estimate of drug-likeness (QED) is 0.735. The molecule has 98 valence electrons. The van der Waals surface area contributed by atoms with Crippen LogP contribution in [0.5, 0.6) is 5.75 Å². The highest BCUT2D eigenvalue weighted by Gasteiger charge is 2.08. The van der Waals surface area contributed by atoms with Gasteiger partial charge in [-0.2, -0.15) is 0 Å². The second kappa shape index (κ2) is 6.38. The normalized spacial score (nSPS) is 11.2. The molecule has 0 radical (unpaired) electrons. The summed E-state index contributed by atoms with van der Waals surface area (Å²) in [4.78, 5) is 0. The molecule has 1 aromatic carbocycles. The van der Waals surface area contributed by atoms with E-state index in [-0.39, 0.29) is 5.75 Å². The maximum Gasteiger partial charge on any atom is 0.154 e.